The van der Waals surface area contributed by atoms with E-state index in [2.05, 4.69) is 34.7 Å². The molecule has 2 aromatic carbocycles. The van der Waals surface area contributed by atoms with Gasteiger partial charge in [-0.1, -0.05) is 29.8 Å². The zero-order chi connectivity index (χ0) is 21.4. The van der Waals surface area contributed by atoms with E-state index in [0.717, 1.165) is 33.0 Å². The molecule has 1 heterocycles. The van der Waals surface area contributed by atoms with Gasteiger partial charge in [0.2, 0.25) is 0 Å². The number of thioether (sulfide) groups is 1. The average Bonchev–Trinajstić information content (AvgIpc) is 3.01. The molecule has 4 rings (SSSR count). The van der Waals surface area contributed by atoms with Gasteiger partial charge in [-0.2, -0.15) is 5.10 Å². The zero-order valence-corrected chi connectivity index (χ0v) is 18.4. The quantitative estimate of drug-likeness (QED) is 0.653. The Hall–Kier alpha value is -2.86. The van der Waals surface area contributed by atoms with E-state index < -0.39 is 6.04 Å². The Balaban J connectivity index is 1.77. The number of nitrogens with one attached hydrogen (secondary N) is 1. The van der Waals surface area contributed by atoms with Gasteiger partial charge in [-0.05, 0) is 49.9 Å². The minimum atomic E-state index is -0.631. The molecule has 0 fully saturated rings. The fourth-order valence-electron chi connectivity index (χ4n) is 4.31. The largest absolute Gasteiger partial charge is 0.341 e. The van der Waals surface area contributed by atoms with Crippen molar-refractivity contribution in [1.82, 2.24) is 15.1 Å². The standard InChI is InChI=1S/C24H25N3O2S/c1-14-6-5-7-17(12-14)24(29)25-23-20(28)13-19-21(15(2)26-27(19)3)22(23)16-8-10-18(30-4)11-9-16/h5-12,22-23H,13H2,1-4H3,(H,25,29)/t22-,23-/m1/s1. The number of fused-ring (bicyclic) bond motifs is 1. The highest BCUT2D eigenvalue weighted by Gasteiger charge is 2.41. The van der Waals surface area contributed by atoms with Crippen molar-refractivity contribution in [3.8, 4) is 0 Å². The zero-order valence-electron chi connectivity index (χ0n) is 17.6. The minimum absolute atomic E-state index is 0.00504. The van der Waals surface area contributed by atoms with Crippen LogP contribution in [-0.4, -0.2) is 33.8 Å². The summed E-state index contributed by atoms with van der Waals surface area (Å²) >= 11 is 1.67. The Kier molecular flexibility index (Phi) is 5.52. The summed E-state index contributed by atoms with van der Waals surface area (Å²) in [6.45, 7) is 3.92. The van der Waals surface area contributed by atoms with Gasteiger partial charge in [0.25, 0.3) is 5.91 Å². The first-order chi connectivity index (χ1) is 14.4. The number of carbonyl (C=O) groups is 2. The number of hydrogen-bond donors (Lipinski definition) is 1. The van der Waals surface area contributed by atoms with Crippen LogP contribution in [0.3, 0.4) is 0 Å². The van der Waals surface area contributed by atoms with Crippen molar-refractivity contribution in [3.63, 3.8) is 0 Å². The first-order valence-electron chi connectivity index (χ1n) is 9.95. The van der Waals surface area contributed by atoms with Crippen molar-refractivity contribution in [2.24, 2.45) is 7.05 Å². The third kappa shape index (κ3) is 3.67. The van der Waals surface area contributed by atoms with E-state index in [1.54, 1.807) is 22.5 Å². The molecule has 0 bridgehead atoms. The van der Waals surface area contributed by atoms with Gasteiger partial charge in [0.1, 0.15) is 0 Å². The van der Waals surface area contributed by atoms with Crippen molar-refractivity contribution in [1.29, 1.82) is 0 Å². The number of amides is 1. The highest BCUT2D eigenvalue weighted by molar-refractivity contribution is 7.98. The molecule has 154 valence electrons. The van der Waals surface area contributed by atoms with Crippen LogP contribution < -0.4 is 5.32 Å². The third-order valence-corrected chi connectivity index (χ3v) is 6.51. The van der Waals surface area contributed by atoms with Crippen LogP contribution in [0.15, 0.2) is 53.4 Å². The summed E-state index contributed by atoms with van der Waals surface area (Å²) < 4.78 is 1.80. The molecular formula is C24H25N3O2S. The van der Waals surface area contributed by atoms with E-state index in [9.17, 15) is 9.59 Å². The maximum atomic E-state index is 13.2. The maximum absolute atomic E-state index is 13.2. The molecule has 0 radical (unpaired) electrons. The molecule has 2 atom stereocenters. The van der Waals surface area contributed by atoms with Crippen LogP contribution in [0.5, 0.6) is 0 Å². The van der Waals surface area contributed by atoms with Crippen LogP contribution in [0, 0.1) is 13.8 Å². The summed E-state index contributed by atoms with van der Waals surface area (Å²) in [6, 6.07) is 15.0. The number of aromatic nitrogens is 2. The van der Waals surface area contributed by atoms with Gasteiger partial charge in [-0.25, -0.2) is 0 Å². The van der Waals surface area contributed by atoms with Gasteiger partial charge >= 0.3 is 0 Å². The van der Waals surface area contributed by atoms with Gasteiger partial charge in [0, 0.05) is 34.7 Å². The van der Waals surface area contributed by atoms with Crippen molar-refractivity contribution >= 4 is 23.5 Å². The minimum Gasteiger partial charge on any atom is -0.341 e. The van der Waals surface area contributed by atoms with Crippen molar-refractivity contribution in [3.05, 3.63) is 82.2 Å². The lowest BCUT2D eigenvalue weighted by molar-refractivity contribution is -0.121. The van der Waals surface area contributed by atoms with Crippen molar-refractivity contribution < 1.29 is 9.59 Å². The molecule has 0 saturated heterocycles. The van der Waals surface area contributed by atoms with E-state index in [-0.39, 0.29) is 24.0 Å². The number of carbonyl (C=O) groups excluding carboxylic acids is 2. The third-order valence-electron chi connectivity index (χ3n) is 5.77. The summed E-state index contributed by atoms with van der Waals surface area (Å²) in [7, 11) is 1.87. The molecular weight excluding hydrogens is 394 g/mol. The second-order valence-corrected chi connectivity index (χ2v) is 8.66. The monoisotopic (exact) mass is 419 g/mol. The van der Waals surface area contributed by atoms with E-state index >= 15 is 0 Å². The van der Waals surface area contributed by atoms with Gasteiger partial charge in [-0.3, -0.25) is 14.3 Å². The Labute approximate surface area is 180 Å². The van der Waals surface area contributed by atoms with Crippen LogP contribution in [0.25, 0.3) is 0 Å². The summed E-state index contributed by atoms with van der Waals surface area (Å²) in [6.07, 6.45) is 2.30. The SMILES string of the molecule is CSc1ccc([C@@H]2c3c(C)nn(C)c3CC(=O)[C@H]2NC(=O)c2cccc(C)c2)cc1. The van der Waals surface area contributed by atoms with Gasteiger partial charge in [-0.15, -0.1) is 11.8 Å². The predicted molar refractivity (Wildman–Crippen MR) is 119 cm³/mol. The predicted octanol–water partition coefficient (Wildman–Crippen LogP) is 3.81. The number of hydrogen-bond acceptors (Lipinski definition) is 4. The van der Waals surface area contributed by atoms with Crippen LogP contribution in [-0.2, 0) is 18.3 Å². The molecule has 0 saturated carbocycles. The number of Topliss-reactive ketones (excluding diaryl/α,β-unsaturated/α-hetero) is 1. The maximum Gasteiger partial charge on any atom is 0.251 e. The second-order valence-electron chi connectivity index (χ2n) is 7.78. The fourth-order valence-corrected chi connectivity index (χ4v) is 4.72. The van der Waals surface area contributed by atoms with E-state index in [1.165, 1.54) is 0 Å². The van der Waals surface area contributed by atoms with E-state index in [1.807, 2.05) is 45.4 Å². The summed E-state index contributed by atoms with van der Waals surface area (Å²) in [5.74, 6) is -0.488. The lowest BCUT2D eigenvalue weighted by atomic mass is 9.76. The molecule has 1 aliphatic carbocycles. The highest BCUT2D eigenvalue weighted by atomic mass is 32.2. The van der Waals surface area contributed by atoms with Crippen LogP contribution in [0.1, 0.15) is 44.4 Å². The van der Waals surface area contributed by atoms with Gasteiger partial charge in [0.05, 0.1) is 18.2 Å². The Morgan fingerprint density at radius 3 is 2.57 bits per heavy atom. The van der Waals surface area contributed by atoms with Crippen LogP contribution in [0.4, 0.5) is 0 Å². The van der Waals surface area contributed by atoms with Crippen LogP contribution >= 0.6 is 11.8 Å². The molecule has 0 aliphatic heterocycles. The Bertz CT molecular complexity index is 1120. The summed E-state index contributed by atoms with van der Waals surface area (Å²) in [5.41, 5.74) is 5.45. The smallest absolute Gasteiger partial charge is 0.251 e. The highest BCUT2D eigenvalue weighted by Crippen LogP contribution is 2.38. The molecule has 0 spiro atoms. The molecule has 0 unspecified atom stereocenters. The molecule has 1 aliphatic rings. The number of benzene rings is 2. The van der Waals surface area contributed by atoms with E-state index in [4.69, 9.17) is 0 Å². The number of ketones is 1. The molecule has 6 heteroatoms. The molecule has 3 aromatic rings. The van der Waals surface area contributed by atoms with E-state index in [0.29, 0.717) is 5.56 Å². The topological polar surface area (TPSA) is 64.0 Å². The fraction of sp³-hybridized carbons (Fsp3) is 0.292. The Morgan fingerprint density at radius 1 is 1.17 bits per heavy atom. The normalized spacial score (nSPS) is 18.2. The summed E-state index contributed by atoms with van der Waals surface area (Å²) in [4.78, 5) is 27.4. The number of rotatable bonds is 4. The first kappa shape index (κ1) is 20.4. The molecule has 1 aromatic heterocycles. The molecule has 30 heavy (non-hydrogen) atoms. The second kappa shape index (κ2) is 8.11. The van der Waals surface area contributed by atoms with Crippen molar-refractivity contribution in [2.75, 3.05) is 6.26 Å². The van der Waals surface area contributed by atoms with Gasteiger partial charge < -0.3 is 5.32 Å². The molecule has 1 amide bonds. The lowest BCUT2D eigenvalue weighted by Crippen LogP contribution is -2.48. The summed E-state index contributed by atoms with van der Waals surface area (Å²) in [5, 5.41) is 7.60. The number of aryl methyl sites for hydroxylation is 3. The lowest BCUT2D eigenvalue weighted by Gasteiger charge is -2.32. The molecule has 1 N–H and O–H groups in total. The first-order valence-corrected chi connectivity index (χ1v) is 11.2. The Morgan fingerprint density at radius 2 is 1.90 bits per heavy atom. The molecule has 5 nitrogen and oxygen atoms in total. The average molecular weight is 420 g/mol. The van der Waals surface area contributed by atoms with Gasteiger partial charge in [0.15, 0.2) is 5.78 Å². The number of nitrogens with zero attached hydrogens (tertiary/aromatic N) is 2. The van der Waals surface area contributed by atoms with Crippen LogP contribution in [0.2, 0.25) is 0 Å². The van der Waals surface area contributed by atoms with Crippen molar-refractivity contribution in [2.45, 2.75) is 37.1 Å².